The number of carbonyl (C=O) groups excluding carboxylic acids is 1. The third-order valence-electron chi connectivity index (χ3n) is 2.96. The molecule has 1 N–H and O–H groups in total. The second-order valence-corrected chi connectivity index (χ2v) is 8.88. The summed E-state index contributed by atoms with van der Waals surface area (Å²) < 4.78 is 13.9. The van der Waals surface area contributed by atoms with Gasteiger partial charge in [-0.15, -0.1) is 0 Å². The predicted octanol–water partition coefficient (Wildman–Crippen LogP) is 3.49. The largest absolute Gasteiger partial charge is 0.305 e. The number of hydrogen-bond donors (Lipinski definition) is 1. The monoisotopic (exact) mass is 296 g/mol. The molecule has 0 saturated carbocycles. The molecule has 0 spiro atoms. The lowest BCUT2D eigenvalue weighted by Gasteiger charge is -2.27. The standard InChI is InChI=1S/C15H25N2O2P/c1-13(2)10-11-15(18)16-17(20(3,4)19)12-14-8-6-5-7-9-14/h5-9,13H,10-12H2,1-4H3,(H,16,18). The molecule has 1 rings (SSSR count). The number of amides is 1. The third-order valence-corrected chi connectivity index (χ3v) is 4.36. The topological polar surface area (TPSA) is 49.4 Å². The molecule has 0 aliphatic rings. The van der Waals surface area contributed by atoms with Crippen molar-refractivity contribution in [2.75, 3.05) is 13.3 Å². The molecule has 0 fully saturated rings. The first-order chi connectivity index (χ1) is 9.29. The van der Waals surface area contributed by atoms with Crippen LogP contribution in [0, 0.1) is 5.92 Å². The quantitative estimate of drug-likeness (QED) is 0.619. The zero-order valence-electron chi connectivity index (χ0n) is 12.8. The molecule has 1 amide bonds. The van der Waals surface area contributed by atoms with Crippen LogP contribution in [0.3, 0.4) is 0 Å². The highest BCUT2D eigenvalue weighted by molar-refractivity contribution is 7.59. The maximum absolute atomic E-state index is 12.3. The number of hydrogen-bond acceptors (Lipinski definition) is 2. The molecule has 0 unspecified atom stereocenters. The van der Waals surface area contributed by atoms with Crippen molar-refractivity contribution in [1.82, 2.24) is 10.2 Å². The van der Waals surface area contributed by atoms with Gasteiger partial charge in [0.2, 0.25) is 5.91 Å². The minimum Gasteiger partial charge on any atom is -0.305 e. The SMILES string of the molecule is CC(C)CCC(=O)NN(Cc1ccccc1)P(C)(C)=O. The fourth-order valence-electron chi connectivity index (χ4n) is 1.71. The summed E-state index contributed by atoms with van der Waals surface area (Å²) in [5.74, 6) is 0.414. The van der Waals surface area contributed by atoms with Crippen molar-refractivity contribution in [3.8, 4) is 0 Å². The Bertz CT molecular complexity index is 468. The van der Waals surface area contributed by atoms with Crippen LogP contribution >= 0.6 is 7.29 Å². The van der Waals surface area contributed by atoms with Crippen LogP contribution in [0.1, 0.15) is 32.3 Å². The summed E-state index contributed by atoms with van der Waals surface area (Å²) in [7, 11) is -2.54. The van der Waals surface area contributed by atoms with Gasteiger partial charge in [-0.1, -0.05) is 44.2 Å². The molecule has 4 nitrogen and oxygen atoms in total. The molecule has 112 valence electrons. The van der Waals surface area contributed by atoms with Crippen LogP contribution in [0.2, 0.25) is 0 Å². The van der Waals surface area contributed by atoms with Crippen LogP contribution in [0.25, 0.3) is 0 Å². The number of nitrogens with one attached hydrogen (secondary N) is 1. The van der Waals surface area contributed by atoms with Gasteiger partial charge < -0.3 is 4.57 Å². The molecule has 0 radical (unpaired) electrons. The van der Waals surface area contributed by atoms with Crippen LogP contribution in [0.4, 0.5) is 0 Å². The number of carbonyl (C=O) groups is 1. The van der Waals surface area contributed by atoms with Crippen molar-refractivity contribution in [3.05, 3.63) is 35.9 Å². The van der Waals surface area contributed by atoms with Crippen LogP contribution in [0.5, 0.6) is 0 Å². The Hall–Kier alpha value is -1.12. The van der Waals surface area contributed by atoms with E-state index in [1.807, 2.05) is 30.3 Å². The van der Waals surface area contributed by atoms with Crippen molar-refractivity contribution < 1.29 is 9.36 Å². The molecule has 20 heavy (non-hydrogen) atoms. The zero-order valence-corrected chi connectivity index (χ0v) is 13.7. The molecule has 0 atom stereocenters. The summed E-state index contributed by atoms with van der Waals surface area (Å²) in [6.07, 6.45) is 1.30. The lowest BCUT2D eigenvalue weighted by Crippen LogP contribution is -2.39. The van der Waals surface area contributed by atoms with Crippen LogP contribution in [0.15, 0.2) is 30.3 Å². The molecule has 0 aliphatic carbocycles. The van der Waals surface area contributed by atoms with E-state index in [0.717, 1.165) is 12.0 Å². The minimum atomic E-state index is -2.54. The van der Waals surface area contributed by atoms with Gasteiger partial charge in [-0.05, 0) is 17.9 Å². The van der Waals surface area contributed by atoms with E-state index in [1.54, 1.807) is 18.1 Å². The lowest BCUT2D eigenvalue weighted by molar-refractivity contribution is -0.124. The molecular formula is C15H25N2O2P. The van der Waals surface area contributed by atoms with Crippen molar-refractivity contribution in [2.45, 2.75) is 33.2 Å². The molecule has 1 aromatic carbocycles. The van der Waals surface area contributed by atoms with E-state index < -0.39 is 7.29 Å². The van der Waals surface area contributed by atoms with E-state index in [2.05, 4.69) is 19.3 Å². The normalized spacial score (nSPS) is 11.9. The molecule has 0 saturated heterocycles. The van der Waals surface area contributed by atoms with E-state index >= 15 is 0 Å². The Morgan fingerprint density at radius 1 is 1.25 bits per heavy atom. The van der Waals surface area contributed by atoms with E-state index in [-0.39, 0.29) is 5.91 Å². The number of nitrogens with zero attached hydrogens (tertiary/aromatic N) is 1. The summed E-state index contributed by atoms with van der Waals surface area (Å²) in [5.41, 5.74) is 3.82. The lowest BCUT2D eigenvalue weighted by atomic mass is 10.1. The van der Waals surface area contributed by atoms with Gasteiger partial charge in [-0.25, -0.2) is 0 Å². The minimum absolute atomic E-state index is 0.0708. The van der Waals surface area contributed by atoms with Gasteiger partial charge >= 0.3 is 0 Å². The molecule has 0 heterocycles. The zero-order chi connectivity index (χ0) is 15.2. The van der Waals surface area contributed by atoms with Gasteiger partial charge in [-0.2, -0.15) is 4.78 Å². The van der Waals surface area contributed by atoms with Crippen molar-refractivity contribution in [1.29, 1.82) is 0 Å². The number of benzene rings is 1. The van der Waals surface area contributed by atoms with Crippen LogP contribution in [-0.4, -0.2) is 24.0 Å². The maximum Gasteiger partial charge on any atom is 0.234 e. The molecule has 5 heteroatoms. The Morgan fingerprint density at radius 3 is 2.35 bits per heavy atom. The fourth-order valence-corrected chi connectivity index (χ4v) is 2.56. The van der Waals surface area contributed by atoms with Crippen LogP contribution in [-0.2, 0) is 15.9 Å². The van der Waals surface area contributed by atoms with Gasteiger partial charge in [0.1, 0.15) is 0 Å². The Morgan fingerprint density at radius 2 is 1.85 bits per heavy atom. The highest BCUT2D eigenvalue weighted by atomic mass is 31.2. The summed E-state index contributed by atoms with van der Waals surface area (Å²) >= 11 is 0. The summed E-state index contributed by atoms with van der Waals surface area (Å²) in [4.78, 5) is 11.9. The number of hydrazine groups is 1. The first-order valence-corrected chi connectivity index (χ1v) is 9.51. The molecule has 1 aromatic rings. The van der Waals surface area contributed by atoms with Gasteiger partial charge in [0.15, 0.2) is 7.29 Å². The Balaban J connectivity index is 2.66. The highest BCUT2D eigenvalue weighted by Gasteiger charge is 2.21. The van der Waals surface area contributed by atoms with Gasteiger partial charge in [-0.3, -0.25) is 10.2 Å². The van der Waals surface area contributed by atoms with Crippen molar-refractivity contribution in [3.63, 3.8) is 0 Å². The number of rotatable bonds is 7. The van der Waals surface area contributed by atoms with E-state index in [9.17, 15) is 9.36 Å². The van der Waals surface area contributed by atoms with Crippen molar-refractivity contribution in [2.24, 2.45) is 5.92 Å². The van der Waals surface area contributed by atoms with Crippen LogP contribution < -0.4 is 5.43 Å². The third kappa shape index (κ3) is 6.36. The predicted molar refractivity (Wildman–Crippen MR) is 83.7 cm³/mol. The second kappa shape index (κ2) is 7.61. The van der Waals surface area contributed by atoms with Crippen molar-refractivity contribution >= 4 is 13.2 Å². The van der Waals surface area contributed by atoms with E-state index in [4.69, 9.17) is 0 Å². The summed E-state index contributed by atoms with van der Waals surface area (Å²) in [5, 5.41) is 0. The smallest absolute Gasteiger partial charge is 0.234 e. The van der Waals surface area contributed by atoms with E-state index in [0.29, 0.717) is 18.9 Å². The molecule has 0 aliphatic heterocycles. The Labute approximate surface area is 122 Å². The van der Waals surface area contributed by atoms with Gasteiger partial charge in [0.05, 0.1) is 6.54 Å². The highest BCUT2D eigenvalue weighted by Crippen LogP contribution is 2.40. The summed E-state index contributed by atoms with van der Waals surface area (Å²) in [6, 6.07) is 9.73. The summed E-state index contributed by atoms with van der Waals surface area (Å²) in [6.45, 7) is 7.95. The molecular weight excluding hydrogens is 271 g/mol. The molecule has 0 bridgehead atoms. The first-order valence-electron chi connectivity index (χ1n) is 6.95. The molecule has 0 aromatic heterocycles. The second-order valence-electron chi connectivity index (χ2n) is 5.80. The Kier molecular flexibility index (Phi) is 6.44. The van der Waals surface area contributed by atoms with E-state index in [1.165, 1.54) is 0 Å². The van der Waals surface area contributed by atoms with Gasteiger partial charge in [0, 0.05) is 19.8 Å². The van der Waals surface area contributed by atoms with Gasteiger partial charge in [0.25, 0.3) is 0 Å². The average molecular weight is 296 g/mol. The maximum atomic E-state index is 12.3. The first kappa shape index (κ1) is 16.9. The fraction of sp³-hybridized carbons (Fsp3) is 0.533. The average Bonchev–Trinajstić information content (AvgIpc) is 2.36.